The maximum Gasteiger partial charge on any atom is 0.224 e. The molecule has 0 radical (unpaired) electrons. The Kier molecular flexibility index (Phi) is 5.06. The number of piperidine rings is 1. The highest BCUT2D eigenvalue weighted by molar-refractivity contribution is 5.46. The van der Waals surface area contributed by atoms with Crippen LogP contribution in [0.1, 0.15) is 36.7 Å². The Morgan fingerprint density at radius 2 is 2.08 bits per heavy atom. The Hall–Kier alpha value is -2.15. The molecule has 0 unspecified atom stereocenters. The number of aromatic nitrogens is 4. The molecule has 1 N–H and O–H groups in total. The molecule has 0 aliphatic carbocycles. The molecule has 2 saturated heterocycles. The number of ether oxygens (including phenoxy) is 1. The summed E-state index contributed by atoms with van der Waals surface area (Å²) in [5.41, 5.74) is 1.10. The minimum atomic E-state index is 0.394. The standard InChI is InChI=1S/C19H28N6O/c1-14-21-6-9-25(14)12-15-3-7-24(8-4-15)18-11-17(16-5-10-26-13-16)22-19(20-2)23-18/h6,9,11,15-16H,3-5,7-8,10,12-13H2,1-2H3,(H,20,22,23)/t16-/m0/s1. The molecule has 0 spiro atoms. The van der Waals surface area contributed by atoms with E-state index in [2.05, 4.69) is 43.9 Å². The predicted octanol–water partition coefficient (Wildman–Crippen LogP) is 2.44. The third-order valence-electron chi connectivity index (χ3n) is 5.62. The fourth-order valence-electron chi connectivity index (χ4n) is 3.92. The Labute approximate surface area is 154 Å². The lowest BCUT2D eigenvalue weighted by Crippen LogP contribution is -2.35. The fourth-order valence-corrected chi connectivity index (χ4v) is 3.92. The van der Waals surface area contributed by atoms with E-state index in [0.717, 1.165) is 56.6 Å². The maximum absolute atomic E-state index is 5.54. The van der Waals surface area contributed by atoms with E-state index in [0.29, 0.717) is 17.8 Å². The smallest absolute Gasteiger partial charge is 0.224 e. The number of nitrogens with zero attached hydrogens (tertiary/aromatic N) is 5. The van der Waals surface area contributed by atoms with Crippen LogP contribution >= 0.6 is 0 Å². The van der Waals surface area contributed by atoms with Crippen LogP contribution in [0.3, 0.4) is 0 Å². The molecular formula is C19H28N6O. The highest BCUT2D eigenvalue weighted by Crippen LogP contribution is 2.29. The molecule has 0 amide bonds. The van der Waals surface area contributed by atoms with Crippen LogP contribution in [0.4, 0.5) is 11.8 Å². The molecule has 7 nitrogen and oxygen atoms in total. The zero-order chi connectivity index (χ0) is 17.9. The Bertz CT molecular complexity index is 731. The van der Waals surface area contributed by atoms with E-state index < -0.39 is 0 Å². The summed E-state index contributed by atoms with van der Waals surface area (Å²) in [6, 6.07) is 2.17. The molecule has 26 heavy (non-hydrogen) atoms. The average Bonchev–Trinajstić information content (AvgIpc) is 3.34. The number of hydrogen-bond acceptors (Lipinski definition) is 6. The summed E-state index contributed by atoms with van der Waals surface area (Å²) in [5, 5.41) is 3.12. The van der Waals surface area contributed by atoms with Crippen LogP contribution in [-0.2, 0) is 11.3 Å². The summed E-state index contributed by atoms with van der Waals surface area (Å²) in [4.78, 5) is 16.1. The van der Waals surface area contributed by atoms with Crippen molar-refractivity contribution in [3.05, 3.63) is 30.0 Å². The zero-order valence-electron chi connectivity index (χ0n) is 15.7. The van der Waals surface area contributed by atoms with Crippen molar-refractivity contribution >= 4 is 11.8 Å². The summed E-state index contributed by atoms with van der Waals surface area (Å²) in [7, 11) is 1.88. The lowest BCUT2D eigenvalue weighted by molar-refractivity contribution is 0.193. The van der Waals surface area contributed by atoms with Crippen LogP contribution in [0.25, 0.3) is 0 Å². The van der Waals surface area contributed by atoms with Gasteiger partial charge >= 0.3 is 0 Å². The molecule has 7 heteroatoms. The number of rotatable bonds is 5. The topological polar surface area (TPSA) is 68.1 Å². The first kappa shape index (κ1) is 17.3. The van der Waals surface area contributed by atoms with Gasteiger partial charge in [-0.2, -0.15) is 4.98 Å². The molecule has 2 fully saturated rings. The van der Waals surface area contributed by atoms with Crippen molar-refractivity contribution in [1.29, 1.82) is 0 Å². The Morgan fingerprint density at radius 1 is 1.23 bits per heavy atom. The van der Waals surface area contributed by atoms with Crippen LogP contribution in [0.5, 0.6) is 0 Å². The van der Waals surface area contributed by atoms with E-state index in [4.69, 9.17) is 9.72 Å². The third-order valence-corrected chi connectivity index (χ3v) is 5.62. The normalized spacial score (nSPS) is 21.3. The Morgan fingerprint density at radius 3 is 2.73 bits per heavy atom. The van der Waals surface area contributed by atoms with Gasteiger partial charge in [-0.05, 0) is 32.1 Å². The number of aryl methyl sites for hydroxylation is 1. The molecule has 2 aromatic heterocycles. The molecule has 1 atom stereocenters. The Balaban J connectivity index is 1.43. The lowest BCUT2D eigenvalue weighted by Gasteiger charge is -2.33. The second-order valence-corrected chi connectivity index (χ2v) is 7.34. The molecule has 140 valence electrons. The van der Waals surface area contributed by atoms with Gasteiger partial charge in [0.1, 0.15) is 11.6 Å². The van der Waals surface area contributed by atoms with Crippen LogP contribution in [0.15, 0.2) is 18.5 Å². The van der Waals surface area contributed by atoms with E-state index in [9.17, 15) is 0 Å². The summed E-state index contributed by atoms with van der Waals surface area (Å²) in [6.45, 7) is 6.82. The minimum absolute atomic E-state index is 0.394. The van der Waals surface area contributed by atoms with Crippen molar-refractivity contribution in [3.63, 3.8) is 0 Å². The first-order valence-electron chi connectivity index (χ1n) is 9.60. The highest BCUT2D eigenvalue weighted by Gasteiger charge is 2.24. The zero-order valence-corrected chi connectivity index (χ0v) is 15.7. The van der Waals surface area contributed by atoms with E-state index in [-0.39, 0.29) is 0 Å². The van der Waals surface area contributed by atoms with Gasteiger partial charge in [-0.1, -0.05) is 0 Å². The average molecular weight is 356 g/mol. The largest absolute Gasteiger partial charge is 0.381 e. The molecule has 4 rings (SSSR count). The van der Waals surface area contributed by atoms with Gasteiger partial charge in [-0.15, -0.1) is 0 Å². The van der Waals surface area contributed by atoms with Crippen LogP contribution in [-0.4, -0.2) is 52.9 Å². The van der Waals surface area contributed by atoms with Gasteiger partial charge in [0.15, 0.2) is 0 Å². The molecule has 2 aliphatic heterocycles. The van der Waals surface area contributed by atoms with Crippen molar-refractivity contribution in [2.75, 3.05) is 43.6 Å². The third kappa shape index (κ3) is 3.67. The van der Waals surface area contributed by atoms with E-state index >= 15 is 0 Å². The van der Waals surface area contributed by atoms with Crippen LogP contribution in [0, 0.1) is 12.8 Å². The molecule has 0 aromatic carbocycles. The quantitative estimate of drug-likeness (QED) is 0.887. The number of nitrogens with one attached hydrogen (secondary N) is 1. The van der Waals surface area contributed by atoms with Gasteiger partial charge < -0.3 is 19.5 Å². The SMILES string of the molecule is CNc1nc([C@H]2CCOC2)cc(N2CCC(Cn3ccnc3C)CC2)n1. The van der Waals surface area contributed by atoms with Gasteiger partial charge in [0.25, 0.3) is 0 Å². The second-order valence-electron chi connectivity index (χ2n) is 7.34. The molecular weight excluding hydrogens is 328 g/mol. The van der Waals surface area contributed by atoms with Crippen LogP contribution < -0.4 is 10.2 Å². The van der Waals surface area contributed by atoms with Crippen molar-refractivity contribution in [3.8, 4) is 0 Å². The monoisotopic (exact) mass is 356 g/mol. The van der Waals surface area contributed by atoms with Crippen LogP contribution in [0.2, 0.25) is 0 Å². The minimum Gasteiger partial charge on any atom is -0.381 e. The summed E-state index contributed by atoms with van der Waals surface area (Å²) in [5.74, 6) is 3.95. The van der Waals surface area contributed by atoms with Gasteiger partial charge in [-0.25, -0.2) is 9.97 Å². The lowest BCUT2D eigenvalue weighted by atomic mass is 9.96. The van der Waals surface area contributed by atoms with E-state index in [1.54, 1.807) is 0 Å². The highest BCUT2D eigenvalue weighted by atomic mass is 16.5. The molecule has 2 aromatic rings. The summed E-state index contributed by atoms with van der Waals surface area (Å²) < 4.78 is 7.81. The van der Waals surface area contributed by atoms with Gasteiger partial charge in [0, 0.05) is 57.7 Å². The predicted molar refractivity (Wildman–Crippen MR) is 102 cm³/mol. The number of imidazole rings is 1. The fraction of sp³-hybridized carbons (Fsp3) is 0.632. The second kappa shape index (κ2) is 7.61. The molecule has 0 saturated carbocycles. The molecule has 4 heterocycles. The first-order chi connectivity index (χ1) is 12.7. The van der Waals surface area contributed by atoms with E-state index in [1.165, 1.54) is 12.8 Å². The van der Waals surface area contributed by atoms with E-state index in [1.807, 2.05) is 13.2 Å². The van der Waals surface area contributed by atoms with Crippen molar-refractivity contribution in [2.45, 2.75) is 38.6 Å². The number of anilines is 2. The molecule has 2 aliphatic rings. The summed E-state index contributed by atoms with van der Waals surface area (Å²) in [6.07, 6.45) is 7.38. The van der Waals surface area contributed by atoms with Crippen molar-refractivity contribution < 1.29 is 4.74 Å². The van der Waals surface area contributed by atoms with Crippen molar-refractivity contribution in [2.24, 2.45) is 5.92 Å². The van der Waals surface area contributed by atoms with Gasteiger partial charge in [-0.3, -0.25) is 0 Å². The number of hydrogen-bond donors (Lipinski definition) is 1. The first-order valence-corrected chi connectivity index (χ1v) is 9.60. The summed E-state index contributed by atoms with van der Waals surface area (Å²) >= 11 is 0. The molecule has 0 bridgehead atoms. The van der Waals surface area contributed by atoms with Gasteiger partial charge in [0.05, 0.1) is 12.3 Å². The van der Waals surface area contributed by atoms with Crippen molar-refractivity contribution in [1.82, 2.24) is 19.5 Å². The van der Waals surface area contributed by atoms with Gasteiger partial charge in [0.2, 0.25) is 5.95 Å². The maximum atomic E-state index is 5.54.